The van der Waals surface area contributed by atoms with E-state index in [9.17, 15) is 4.79 Å². The first-order chi connectivity index (χ1) is 8.31. The first kappa shape index (κ1) is 14.6. The number of carbonyl (C=O) groups excluding carboxylic acids is 1. The van der Waals surface area contributed by atoms with Gasteiger partial charge in [-0.3, -0.25) is 4.79 Å². The Bertz CT molecular complexity index is 412. The van der Waals surface area contributed by atoms with Gasteiger partial charge in [-0.2, -0.15) is 0 Å². The molecule has 0 saturated carbocycles. The lowest BCUT2D eigenvalue weighted by molar-refractivity contribution is 0.0953. The van der Waals surface area contributed by atoms with Crippen LogP contribution < -0.4 is 20.1 Å². The van der Waals surface area contributed by atoms with Crippen LogP contribution in [0.4, 0.5) is 0 Å². The molecule has 1 aromatic carbocycles. The quantitative estimate of drug-likeness (QED) is 0.797. The van der Waals surface area contributed by atoms with Crippen molar-refractivity contribution in [1.29, 1.82) is 0 Å². The van der Waals surface area contributed by atoms with E-state index in [1.165, 1.54) is 0 Å². The topological polar surface area (TPSA) is 59.6 Å². The van der Waals surface area contributed by atoms with Crippen LogP contribution in [0, 0.1) is 0 Å². The Balaban J connectivity index is 0.00000162. The standard InChI is InChI=1S/C12H16N2O3.ClH/c1-13-4-5-14-12(15)9-2-3-10-11(8-9)17-7-6-16-10;/h2-3,8,13H,4-7H2,1H3,(H,14,15);1H. The number of likely N-dealkylation sites (N-methyl/N-ethyl adjacent to an activating group) is 1. The van der Waals surface area contributed by atoms with Gasteiger partial charge in [0.15, 0.2) is 11.5 Å². The molecule has 2 rings (SSSR count). The van der Waals surface area contributed by atoms with Gasteiger partial charge in [-0.25, -0.2) is 0 Å². The minimum Gasteiger partial charge on any atom is -0.486 e. The second-order valence-electron chi connectivity index (χ2n) is 3.72. The van der Waals surface area contributed by atoms with Gasteiger partial charge in [0.2, 0.25) is 0 Å². The Morgan fingerprint density at radius 1 is 1.22 bits per heavy atom. The van der Waals surface area contributed by atoms with Crippen molar-refractivity contribution >= 4 is 18.3 Å². The molecule has 0 saturated heterocycles. The predicted molar refractivity (Wildman–Crippen MR) is 70.9 cm³/mol. The van der Waals surface area contributed by atoms with Gasteiger partial charge in [-0.1, -0.05) is 0 Å². The van der Waals surface area contributed by atoms with E-state index < -0.39 is 0 Å². The summed E-state index contributed by atoms with van der Waals surface area (Å²) in [5.41, 5.74) is 0.588. The fourth-order valence-corrected chi connectivity index (χ4v) is 1.59. The van der Waals surface area contributed by atoms with Gasteiger partial charge in [0.05, 0.1) is 0 Å². The van der Waals surface area contributed by atoms with Crippen molar-refractivity contribution < 1.29 is 14.3 Å². The largest absolute Gasteiger partial charge is 0.486 e. The van der Waals surface area contributed by atoms with Crippen LogP contribution in [0.5, 0.6) is 11.5 Å². The van der Waals surface area contributed by atoms with E-state index in [2.05, 4.69) is 10.6 Å². The van der Waals surface area contributed by atoms with Gasteiger partial charge in [-0.15, -0.1) is 12.4 Å². The molecule has 0 aliphatic carbocycles. The minimum atomic E-state index is -0.0998. The van der Waals surface area contributed by atoms with Crippen molar-refractivity contribution in [2.45, 2.75) is 0 Å². The Kier molecular flexibility index (Phi) is 5.74. The highest BCUT2D eigenvalue weighted by molar-refractivity contribution is 5.94. The number of rotatable bonds is 4. The number of carbonyl (C=O) groups is 1. The van der Waals surface area contributed by atoms with E-state index in [1.54, 1.807) is 18.2 Å². The first-order valence-electron chi connectivity index (χ1n) is 5.63. The SMILES string of the molecule is CNCCNC(=O)c1ccc2c(c1)OCCO2.Cl. The molecule has 0 atom stereocenters. The summed E-state index contributed by atoms with van der Waals surface area (Å²) in [5.74, 6) is 1.23. The fourth-order valence-electron chi connectivity index (χ4n) is 1.59. The lowest BCUT2D eigenvalue weighted by Crippen LogP contribution is -2.30. The van der Waals surface area contributed by atoms with E-state index >= 15 is 0 Å². The molecular formula is C12H17ClN2O3. The maximum absolute atomic E-state index is 11.8. The molecule has 18 heavy (non-hydrogen) atoms. The van der Waals surface area contributed by atoms with Crippen LogP contribution in [-0.2, 0) is 0 Å². The summed E-state index contributed by atoms with van der Waals surface area (Å²) in [6.07, 6.45) is 0. The smallest absolute Gasteiger partial charge is 0.251 e. The Morgan fingerprint density at radius 2 is 1.94 bits per heavy atom. The molecule has 0 spiro atoms. The fraction of sp³-hybridized carbons (Fsp3) is 0.417. The number of hydrogen-bond donors (Lipinski definition) is 2. The average Bonchev–Trinajstić information content (AvgIpc) is 2.38. The van der Waals surface area contributed by atoms with Gasteiger partial charge in [-0.05, 0) is 25.2 Å². The zero-order valence-electron chi connectivity index (χ0n) is 10.2. The number of ether oxygens (including phenoxy) is 2. The molecule has 0 aromatic heterocycles. The molecule has 6 heteroatoms. The lowest BCUT2D eigenvalue weighted by Gasteiger charge is -2.18. The molecule has 1 aliphatic heterocycles. The van der Waals surface area contributed by atoms with Crippen molar-refractivity contribution in [3.63, 3.8) is 0 Å². The van der Waals surface area contributed by atoms with Crippen LogP contribution in [0.25, 0.3) is 0 Å². The molecule has 1 heterocycles. The molecule has 1 amide bonds. The summed E-state index contributed by atoms with van der Waals surface area (Å²) < 4.78 is 10.8. The molecular weight excluding hydrogens is 256 g/mol. The third-order valence-corrected chi connectivity index (χ3v) is 2.46. The molecule has 5 nitrogen and oxygen atoms in total. The van der Waals surface area contributed by atoms with Crippen molar-refractivity contribution in [2.75, 3.05) is 33.4 Å². The number of hydrogen-bond acceptors (Lipinski definition) is 4. The van der Waals surface area contributed by atoms with Gasteiger partial charge in [0.25, 0.3) is 5.91 Å². The minimum absolute atomic E-state index is 0. The highest BCUT2D eigenvalue weighted by Crippen LogP contribution is 2.30. The lowest BCUT2D eigenvalue weighted by atomic mass is 10.2. The molecule has 1 aromatic rings. The molecule has 2 N–H and O–H groups in total. The highest BCUT2D eigenvalue weighted by Gasteiger charge is 2.14. The third-order valence-electron chi connectivity index (χ3n) is 2.46. The van der Waals surface area contributed by atoms with Gasteiger partial charge in [0.1, 0.15) is 13.2 Å². The Labute approximate surface area is 112 Å². The second kappa shape index (κ2) is 7.08. The number of amides is 1. The molecule has 0 radical (unpaired) electrons. The summed E-state index contributed by atoms with van der Waals surface area (Å²) in [7, 11) is 1.84. The van der Waals surface area contributed by atoms with Crippen LogP contribution in [0.15, 0.2) is 18.2 Å². The van der Waals surface area contributed by atoms with Crippen molar-refractivity contribution in [3.8, 4) is 11.5 Å². The Hall–Kier alpha value is -1.46. The van der Waals surface area contributed by atoms with Crippen LogP contribution in [0.3, 0.4) is 0 Å². The zero-order chi connectivity index (χ0) is 12.1. The highest BCUT2D eigenvalue weighted by atomic mass is 35.5. The first-order valence-corrected chi connectivity index (χ1v) is 5.63. The molecule has 100 valence electrons. The van der Waals surface area contributed by atoms with Crippen molar-refractivity contribution in [3.05, 3.63) is 23.8 Å². The van der Waals surface area contributed by atoms with Crippen molar-refractivity contribution in [2.24, 2.45) is 0 Å². The summed E-state index contributed by atoms with van der Waals surface area (Å²) >= 11 is 0. The number of nitrogens with one attached hydrogen (secondary N) is 2. The van der Waals surface area contributed by atoms with Crippen molar-refractivity contribution in [1.82, 2.24) is 10.6 Å². The van der Waals surface area contributed by atoms with Gasteiger partial charge >= 0.3 is 0 Å². The normalized spacial score (nSPS) is 12.5. The third kappa shape index (κ3) is 3.51. The van der Waals surface area contributed by atoms with E-state index in [0.29, 0.717) is 36.8 Å². The second-order valence-corrected chi connectivity index (χ2v) is 3.72. The van der Waals surface area contributed by atoms with E-state index in [-0.39, 0.29) is 18.3 Å². The summed E-state index contributed by atoms with van der Waals surface area (Å²) in [5, 5.41) is 5.77. The summed E-state index contributed by atoms with van der Waals surface area (Å²) in [6.45, 7) is 2.43. The van der Waals surface area contributed by atoms with Crippen LogP contribution in [0.1, 0.15) is 10.4 Å². The number of halogens is 1. The summed E-state index contributed by atoms with van der Waals surface area (Å²) in [6, 6.07) is 5.22. The number of fused-ring (bicyclic) bond motifs is 1. The average molecular weight is 273 g/mol. The van der Waals surface area contributed by atoms with E-state index in [4.69, 9.17) is 9.47 Å². The van der Waals surface area contributed by atoms with Gasteiger partial charge < -0.3 is 20.1 Å². The van der Waals surface area contributed by atoms with E-state index in [0.717, 1.165) is 6.54 Å². The molecule has 0 unspecified atom stereocenters. The van der Waals surface area contributed by atoms with Gasteiger partial charge in [0, 0.05) is 18.7 Å². The maximum atomic E-state index is 11.8. The maximum Gasteiger partial charge on any atom is 0.251 e. The molecule has 0 fully saturated rings. The summed E-state index contributed by atoms with van der Waals surface area (Å²) in [4.78, 5) is 11.8. The number of benzene rings is 1. The zero-order valence-corrected chi connectivity index (χ0v) is 11.0. The Morgan fingerprint density at radius 3 is 2.67 bits per heavy atom. The molecule has 1 aliphatic rings. The van der Waals surface area contributed by atoms with Crippen LogP contribution in [0.2, 0.25) is 0 Å². The predicted octanol–water partition coefficient (Wildman–Crippen LogP) is 0.829. The molecule has 0 bridgehead atoms. The van der Waals surface area contributed by atoms with E-state index in [1.807, 2.05) is 7.05 Å². The van der Waals surface area contributed by atoms with Crippen LogP contribution >= 0.6 is 12.4 Å². The monoisotopic (exact) mass is 272 g/mol. The van der Waals surface area contributed by atoms with Crippen LogP contribution in [-0.4, -0.2) is 39.3 Å².